The molecule has 130 valence electrons. The van der Waals surface area contributed by atoms with Gasteiger partial charge < -0.3 is 15.2 Å². The number of hydrogen-bond donors (Lipinski definition) is 2. The summed E-state index contributed by atoms with van der Waals surface area (Å²) in [7, 11) is 0. The number of imidazole rings is 1. The number of aromatic nitrogens is 2. The topological polar surface area (TPSA) is 59.0 Å². The highest BCUT2D eigenvalue weighted by Crippen LogP contribution is 2.25. The van der Waals surface area contributed by atoms with Crippen molar-refractivity contribution in [2.45, 2.75) is 13.1 Å². The van der Waals surface area contributed by atoms with Crippen LogP contribution in [0.15, 0.2) is 72.6 Å². The van der Waals surface area contributed by atoms with Crippen molar-refractivity contribution in [1.82, 2.24) is 20.2 Å². The molecule has 0 aliphatic heterocycles. The Bertz CT molecular complexity index is 1010. The van der Waals surface area contributed by atoms with Crippen molar-refractivity contribution in [2.24, 2.45) is 0 Å². The molecule has 0 aliphatic rings. The summed E-state index contributed by atoms with van der Waals surface area (Å²) in [5, 5.41) is 9.12. The van der Waals surface area contributed by atoms with Gasteiger partial charge in [-0.25, -0.2) is 9.78 Å². The van der Waals surface area contributed by atoms with Gasteiger partial charge in [0.25, 0.3) is 0 Å². The van der Waals surface area contributed by atoms with E-state index in [4.69, 9.17) is 0 Å². The molecule has 0 saturated carbocycles. The van der Waals surface area contributed by atoms with Crippen LogP contribution in [0.25, 0.3) is 15.8 Å². The Morgan fingerprint density at radius 1 is 1.04 bits per heavy atom. The van der Waals surface area contributed by atoms with Gasteiger partial charge in [-0.3, -0.25) is 0 Å². The second-order valence-electron chi connectivity index (χ2n) is 5.93. The highest BCUT2D eigenvalue weighted by Gasteiger charge is 2.06. The first kappa shape index (κ1) is 16.4. The number of amides is 2. The summed E-state index contributed by atoms with van der Waals surface area (Å²) in [6, 6.07) is 16.1. The Morgan fingerprint density at radius 2 is 1.85 bits per heavy atom. The summed E-state index contributed by atoms with van der Waals surface area (Å²) in [6.07, 6.45) is 5.40. The van der Waals surface area contributed by atoms with Crippen LogP contribution in [0.3, 0.4) is 0 Å². The zero-order valence-electron chi connectivity index (χ0n) is 14.1. The van der Waals surface area contributed by atoms with Gasteiger partial charge in [-0.2, -0.15) is 0 Å². The molecule has 0 aliphatic carbocycles. The fourth-order valence-corrected chi connectivity index (χ4v) is 3.75. The number of urea groups is 1. The Kier molecular flexibility index (Phi) is 4.66. The molecule has 5 nitrogen and oxygen atoms in total. The van der Waals surface area contributed by atoms with Crippen molar-refractivity contribution < 1.29 is 4.79 Å². The van der Waals surface area contributed by atoms with Gasteiger partial charge in [-0.1, -0.05) is 30.3 Å². The number of thiophene rings is 1. The van der Waals surface area contributed by atoms with Crippen LogP contribution in [0, 0.1) is 0 Å². The largest absolute Gasteiger partial charge is 0.334 e. The van der Waals surface area contributed by atoms with E-state index in [0.717, 1.165) is 16.8 Å². The minimum Gasteiger partial charge on any atom is -0.334 e. The summed E-state index contributed by atoms with van der Waals surface area (Å²) in [6.45, 7) is 1.01. The van der Waals surface area contributed by atoms with Crippen LogP contribution in [0.2, 0.25) is 0 Å². The molecule has 0 saturated heterocycles. The monoisotopic (exact) mass is 362 g/mol. The molecule has 0 bridgehead atoms. The molecule has 26 heavy (non-hydrogen) atoms. The summed E-state index contributed by atoms with van der Waals surface area (Å²) >= 11 is 1.70. The number of hydrogen-bond acceptors (Lipinski definition) is 3. The van der Waals surface area contributed by atoms with E-state index in [9.17, 15) is 4.79 Å². The van der Waals surface area contributed by atoms with E-state index in [2.05, 4.69) is 33.1 Å². The molecule has 2 amide bonds. The van der Waals surface area contributed by atoms with Crippen LogP contribution < -0.4 is 10.6 Å². The maximum Gasteiger partial charge on any atom is 0.315 e. The minimum atomic E-state index is -0.168. The van der Waals surface area contributed by atoms with E-state index in [-0.39, 0.29) is 6.03 Å². The normalized spacial score (nSPS) is 10.8. The zero-order valence-corrected chi connectivity index (χ0v) is 14.9. The van der Waals surface area contributed by atoms with Crippen LogP contribution in [0.4, 0.5) is 4.79 Å². The van der Waals surface area contributed by atoms with Crippen molar-refractivity contribution in [1.29, 1.82) is 0 Å². The van der Waals surface area contributed by atoms with Crippen molar-refractivity contribution >= 4 is 27.5 Å². The molecule has 2 N–H and O–H groups in total. The van der Waals surface area contributed by atoms with E-state index in [1.807, 2.05) is 47.2 Å². The third-order valence-corrected chi connectivity index (χ3v) is 5.20. The molecule has 0 fully saturated rings. The lowest BCUT2D eigenvalue weighted by Crippen LogP contribution is -2.34. The molecule has 0 radical (unpaired) electrons. The number of carbonyl (C=O) groups excluding carboxylic acids is 1. The zero-order chi connectivity index (χ0) is 17.8. The Morgan fingerprint density at radius 3 is 2.65 bits per heavy atom. The van der Waals surface area contributed by atoms with Gasteiger partial charge in [0.15, 0.2) is 0 Å². The second kappa shape index (κ2) is 7.41. The number of benzene rings is 2. The van der Waals surface area contributed by atoms with E-state index in [0.29, 0.717) is 13.1 Å². The van der Waals surface area contributed by atoms with Crippen molar-refractivity contribution in [3.63, 3.8) is 0 Å². The smallest absolute Gasteiger partial charge is 0.315 e. The number of fused-ring (bicyclic) bond motifs is 1. The average Bonchev–Trinajstić information content (AvgIpc) is 3.35. The van der Waals surface area contributed by atoms with Gasteiger partial charge >= 0.3 is 6.03 Å². The SMILES string of the molecule is O=C(NCc1ccc(-n2ccnc2)cc1)NCc1csc2ccccc12. The summed E-state index contributed by atoms with van der Waals surface area (Å²) in [4.78, 5) is 16.1. The van der Waals surface area contributed by atoms with Crippen LogP contribution >= 0.6 is 11.3 Å². The van der Waals surface area contributed by atoms with Gasteiger partial charge in [0, 0.05) is 35.9 Å². The van der Waals surface area contributed by atoms with Crippen LogP contribution in [0.5, 0.6) is 0 Å². The van der Waals surface area contributed by atoms with E-state index in [1.54, 1.807) is 23.9 Å². The first-order valence-corrected chi connectivity index (χ1v) is 9.21. The van der Waals surface area contributed by atoms with E-state index in [1.165, 1.54) is 10.1 Å². The Hall–Kier alpha value is -3.12. The molecule has 2 heterocycles. The Labute approximate surface area is 155 Å². The summed E-state index contributed by atoms with van der Waals surface area (Å²) < 4.78 is 3.18. The first-order valence-electron chi connectivity index (χ1n) is 8.34. The number of carbonyl (C=O) groups is 1. The van der Waals surface area contributed by atoms with E-state index < -0.39 is 0 Å². The average molecular weight is 362 g/mol. The standard InChI is InChI=1S/C20H18N4OS/c25-20(23-12-16-13-26-19-4-2-1-3-18(16)19)22-11-15-5-7-17(8-6-15)24-10-9-21-14-24/h1-10,13-14H,11-12H2,(H2,22,23,25). The first-order chi connectivity index (χ1) is 12.8. The number of nitrogens with zero attached hydrogens (tertiary/aromatic N) is 2. The van der Waals surface area contributed by atoms with Gasteiger partial charge in [-0.15, -0.1) is 11.3 Å². The molecule has 2 aromatic carbocycles. The molecular formula is C20H18N4OS. The molecular weight excluding hydrogens is 344 g/mol. The fourth-order valence-electron chi connectivity index (χ4n) is 2.79. The maximum absolute atomic E-state index is 12.1. The van der Waals surface area contributed by atoms with Crippen LogP contribution in [-0.4, -0.2) is 15.6 Å². The summed E-state index contributed by atoms with van der Waals surface area (Å²) in [5.74, 6) is 0. The number of nitrogens with one attached hydrogen (secondary N) is 2. The van der Waals surface area contributed by atoms with Gasteiger partial charge in [0.05, 0.1) is 6.33 Å². The molecule has 6 heteroatoms. The predicted molar refractivity (Wildman–Crippen MR) is 104 cm³/mol. The Balaban J connectivity index is 1.30. The molecule has 4 rings (SSSR count). The van der Waals surface area contributed by atoms with Crippen LogP contribution in [-0.2, 0) is 13.1 Å². The number of rotatable bonds is 5. The van der Waals surface area contributed by atoms with Crippen molar-refractivity contribution in [3.05, 3.63) is 83.8 Å². The second-order valence-corrected chi connectivity index (χ2v) is 6.84. The third-order valence-electron chi connectivity index (χ3n) is 4.19. The molecule has 0 unspecified atom stereocenters. The van der Waals surface area contributed by atoms with Gasteiger partial charge in [0.2, 0.25) is 0 Å². The fraction of sp³-hybridized carbons (Fsp3) is 0.100. The lowest BCUT2D eigenvalue weighted by Gasteiger charge is -2.08. The predicted octanol–water partition coefficient (Wildman–Crippen LogP) is 4.09. The van der Waals surface area contributed by atoms with Gasteiger partial charge in [0.1, 0.15) is 0 Å². The highest BCUT2D eigenvalue weighted by molar-refractivity contribution is 7.17. The summed E-state index contributed by atoms with van der Waals surface area (Å²) in [5.41, 5.74) is 3.23. The minimum absolute atomic E-state index is 0.168. The van der Waals surface area contributed by atoms with Gasteiger partial charge in [-0.05, 0) is 40.1 Å². The van der Waals surface area contributed by atoms with Crippen molar-refractivity contribution in [3.8, 4) is 5.69 Å². The molecule has 4 aromatic rings. The molecule has 0 spiro atoms. The highest BCUT2D eigenvalue weighted by atomic mass is 32.1. The molecule has 2 aromatic heterocycles. The lowest BCUT2D eigenvalue weighted by atomic mass is 10.2. The van der Waals surface area contributed by atoms with Crippen molar-refractivity contribution in [2.75, 3.05) is 0 Å². The molecule has 0 atom stereocenters. The van der Waals surface area contributed by atoms with E-state index >= 15 is 0 Å². The quantitative estimate of drug-likeness (QED) is 0.562. The lowest BCUT2D eigenvalue weighted by molar-refractivity contribution is 0.240. The van der Waals surface area contributed by atoms with Crippen LogP contribution in [0.1, 0.15) is 11.1 Å². The third kappa shape index (κ3) is 3.60. The maximum atomic E-state index is 12.1.